The van der Waals surface area contributed by atoms with E-state index in [0.717, 1.165) is 139 Å². The first-order chi connectivity index (χ1) is 55.3. The van der Waals surface area contributed by atoms with Crippen molar-refractivity contribution in [2.45, 2.75) is 161 Å². The van der Waals surface area contributed by atoms with E-state index in [-0.39, 0.29) is 125 Å². The van der Waals surface area contributed by atoms with Gasteiger partial charge in [-0.2, -0.15) is 26.3 Å². The topological polar surface area (TPSA) is 284 Å². The summed E-state index contributed by atoms with van der Waals surface area (Å²) in [6, 6.07) is 9.40. The van der Waals surface area contributed by atoms with Crippen molar-refractivity contribution in [3.63, 3.8) is 0 Å². The van der Waals surface area contributed by atoms with Gasteiger partial charge < -0.3 is 50.6 Å². The number of methoxy groups -OCH3 is 3. The standard InChI is InChI=1S/C30H45F3N6O2S.C26H36BrFN6O4S.C26H31F3N4O3S/c1-20-16-24(27(41-6)18-26(20)38-12-14-39(15-13-38)29(2,3)4)36-28-34-19-22(30(31,32)33)23(35-28)17-21-10-9-11-25(21)37(5)42(7,8)40;1-33-10-8-17(9-11-33)30-25(35)18-13-24(38-3)22(14-20(18)28)32-26-29-15-19(27)21(31-26)12-16-6-5-7-23(16)34(2)39(4,36)37;1-6-10-30-24(34)19-13-23(36-3)22(11-16(19)2)33-25-31-14-20(26(27,28)29)21(32-25)12-17-8-7-9-18(17)15-37(4,5)35/h16,18-19,21,25H,7,9-15,17H2,1-6,8H3,(H,34,35,36);13-17,23H,5-12H2,1-4H3,(H,30,35)(H,29,31,32);1,11,13-14,17-18H,4,7-10,12,15H2,2-3,5H3,(H,30,34)(H,31,32,33)/t21-,25+,42?;16-,23+;17-,18-,37?/m000/s1. The monoisotopic (exact) mass is 1770 g/mol. The van der Waals surface area contributed by atoms with E-state index in [2.05, 4.69) is 126 Å². The molecule has 0 spiro atoms. The molecule has 6 aromatic rings. The van der Waals surface area contributed by atoms with E-state index in [9.17, 15) is 52.8 Å². The molecule has 118 heavy (non-hydrogen) atoms. The number of benzene rings is 3. The van der Waals surface area contributed by atoms with Crippen LogP contribution in [0.15, 0.2) is 59.5 Å². The zero-order valence-corrected chi connectivity index (χ0v) is 73.7. The van der Waals surface area contributed by atoms with Gasteiger partial charge in [0, 0.05) is 127 Å². The Morgan fingerprint density at radius 2 is 1.05 bits per heavy atom. The number of hydrogen-bond donors (Lipinski definition) is 5. The predicted molar refractivity (Wildman–Crippen MR) is 457 cm³/mol. The fourth-order valence-electron chi connectivity index (χ4n) is 16.2. The Hall–Kier alpha value is -8.18. The lowest BCUT2D eigenvalue weighted by molar-refractivity contribution is -0.139. The van der Waals surface area contributed by atoms with Crippen molar-refractivity contribution in [3.05, 3.63) is 116 Å². The maximum atomic E-state index is 15.1. The summed E-state index contributed by atoms with van der Waals surface area (Å²) in [5.74, 6) is 9.99. The molecule has 3 aromatic carbocycles. The average Bonchev–Trinajstić information content (AvgIpc) is 1.22. The number of piperazine rings is 1. The molecule has 0 bridgehead atoms. The molecule has 8 atom stereocenters. The highest BCUT2D eigenvalue weighted by molar-refractivity contribution is 9.10. The second-order valence-corrected chi connectivity index (χ2v) is 40.6. The van der Waals surface area contributed by atoms with Gasteiger partial charge >= 0.3 is 12.4 Å². The molecule has 2 amide bonds. The highest BCUT2D eigenvalue weighted by Gasteiger charge is 2.42. The first-order valence-electron chi connectivity index (χ1n) is 39.2. The number of sulfonamides is 1. The summed E-state index contributed by atoms with van der Waals surface area (Å²) in [6.45, 7) is 15.9. The Bertz CT molecular complexity index is 4950. The largest absolute Gasteiger partial charge is 0.495 e. The zero-order valence-electron chi connectivity index (χ0n) is 69.6. The van der Waals surface area contributed by atoms with E-state index in [1.165, 1.54) is 43.0 Å². The Kier molecular flexibility index (Phi) is 31.4. The van der Waals surface area contributed by atoms with Crippen LogP contribution in [-0.2, 0) is 60.9 Å². The Labute approximate surface area is 698 Å². The maximum Gasteiger partial charge on any atom is 0.419 e. The minimum atomic E-state index is -4.62. The van der Waals surface area contributed by atoms with Crippen LogP contribution in [0.3, 0.4) is 0 Å². The molecule has 5 heterocycles. The van der Waals surface area contributed by atoms with Gasteiger partial charge in [0.25, 0.3) is 11.8 Å². The van der Waals surface area contributed by atoms with Gasteiger partial charge in [0.15, 0.2) is 0 Å². The van der Waals surface area contributed by atoms with Crippen molar-refractivity contribution in [2.24, 2.45) is 23.7 Å². The molecule has 0 radical (unpaired) electrons. The van der Waals surface area contributed by atoms with Gasteiger partial charge in [0.1, 0.15) is 23.1 Å². The van der Waals surface area contributed by atoms with Crippen LogP contribution in [0.5, 0.6) is 17.2 Å². The summed E-state index contributed by atoms with van der Waals surface area (Å²) in [5, 5.41) is 14.6. The van der Waals surface area contributed by atoms with Crippen LogP contribution in [0.4, 0.5) is 71.3 Å². The lowest BCUT2D eigenvalue weighted by Crippen LogP contribution is -2.53. The number of likely N-dealkylation sites (tertiary alicyclic amines) is 1. The highest BCUT2D eigenvalue weighted by atomic mass is 79.9. The molecule has 3 saturated carbocycles. The maximum absolute atomic E-state index is 15.1. The molecule has 3 aliphatic carbocycles. The minimum absolute atomic E-state index is 0.00293. The Morgan fingerprint density at radius 3 is 1.54 bits per heavy atom. The van der Waals surface area contributed by atoms with Crippen molar-refractivity contribution in [1.82, 2.24) is 58.9 Å². The van der Waals surface area contributed by atoms with E-state index in [1.807, 2.05) is 26.1 Å². The third kappa shape index (κ3) is 25.0. The third-order valence-corrected chi connectivity index (χ3v) is 27.4. The van der Waals surface area contributed by atoms with Crippen LogP contribution in [0.25, 0.3) is 0 Å². The fraction of sp³-hybridized carbons (Fsp3) is 0.561. The van der Waals surface area contributed by atoms with Crippen LogP contribution >= 0.6 is 15.9 Å². The number of nitrogens with zero attached hydrogens (tertiary/aromatic N) is 11. The summed E-state index contributed by atoms with van der Waals surface area (Å²) < 4.78 is 168. The Balaban J connectivity index is 0.000000202. The van der Waals surface area contributed by atoms with Crippen LogP contribution < -0.4 is 45.7 Å². The van der Waals surface area contributed by atoms with Crippen molar-refractivity contribution in [2.75, 3.05) is 134 Å². The van der Waals surface area contributed by atoms with Crippen LogP contribution in [0.1, 0.15) is 151 Å². The van der Waals surface area contributed by atoms with Crippen molar-refractivity contribution < 1.29 is 71.4 Å². The molecule has 2 aliphatic heterocycles. The van der Waals surface area contributed by atoms with Crippen LogP contribution in [0.2, 0.25) is 0 Å². The fourth-order valence-corrected chi connectivity index (χ4v) is 19.6. The molecule has 5 N–H and O–H groups in total. The summed E-state index contributed by atoms with van der Waals surface area (Å²) in [4.78, 5) is 57.7. The SMILES string of the molecule is C#CCNC(=O)c1cc(OC)c(Nc2ncc(C(F)(F)F)c(C[C@@H]3CCC[C@H]3CS(=C)(C)=O)n2)cc1C.C=S(C)(=O)N(C)[C@@H]1CCC[C@H]1Cc1nc(Nc2cc(C)c(N3CCN(C(C)(C)C)CC3)cc2OC)ncc1C(F)(F)F.COc1cc(C(=O)NC2CCN(C)CC2)c(F)cc1Nc1ncc(Br)c(C[C@@H]2CCC[C@H]2N(C)S(C)(=O)=O)n1. The van der Waals surface area contributed by atoms with E-state index in [1.54, 1.807) is 57.2 Å². The van der Waals surface area contributed by atoms with Crippen LogP contribution in [-0.4, -0.2) is 225 Å². The number of aromatic nitrogens is 6. The normalized spacial score (nSPS) is 20.7. The van der Waals surface area contributed by atoms with Gasteiger partial charge in [-0.15, -0.1) is 6.42 Å². The van der Waals surface area contributed by atoms with Gasteiger partial charge in [-0.05, 0) is 229 Å². The number of ether oxygens (including phenoxy) is 3. The molecule has 11 rings (SSSR count). The number of nitrogens with one attached hydrogen (secondary N) is 5. The van der Waals surface area contributed by atoms with Crippen molar-refractivity contribution >= 4 is 109 Å². The number of anilines is 7. The van der Waals surface area contributed by atoms with Crippen LogP contribution in [0, 0.1) is 55.7 Å². The predicted octanol–water partition coefficient (Wildman–Crippen LogP) is 13.2. The lowest BCUT2D eigenvalue weighted by atomic mass is 9.91. The van der Waals surface area contributed by atoms with Gasteiger partial charge in [-0.3, -0.25) is 22.9 Å². The first-order valence-corrected chi connectivity index (χ1v) is 46.2. The van der Waals surface area contributed by atoms with E-state index < -0.39 is 64.5 Å². The zero-order chi connectivity index (χ0) is 86.7. The van der Waals surface area contributed by atoms with Gasteiger partial charge in [0.05, 0.1) is 89.4 Å². The molecule has 5 aliphatic rings. The first kappa shape index (κ1) is 93.7. The third-order valence-electron chi connectivity index (χ3n) is 22.8. The number of terminal acetylenes is 1. The second-order valence-electron chi connectivity index (χ2n) is 32.5. The molecule has 36 heteroatoms. The smallest absolute Gasteiger partial charge is 0.419 e. The summed E-state index contributed by atoms with van der Waals surface area (Å²) in [5.41, 5.74) is 3.11. The quantitative estimate of drug-likeness (QED) is 0.0192. The number of halogens is 8. The molecule has 2 saturated heterocycles. The Morgan fingerprint density at radius 1 is 0.602 bits per heavy atom. The number of aryl methyl sites for hydroxylation is 2. The number of rotatable bonds is 26. The molecular formula is C82H112BrF7N16O9S3. The summed E-state index contributed by atoms with van der Waals surface area (Å²) in [6.07, 6.45) is 13.4. The number of carbonyl (C=O) groups excluding carboxylic acids is 2. The molecule has 25 nitrogen and oxygen atoms in total. The summed E-state index contributed by atoms with van der Waals surface area (Å²) in [7, 11) is 1.77. The molecule has 2 unspecified atom stereocenters. The molecular weight excluding hydrogens is 1660 g/mol. The minimum Gasteiger partial charge on any atom is -0.495 e. The van der Waals surface area contributed by atoms with E-state index >= 15 is 4.39 Å². The molecule has 3 aromatic heterocycles. The van der Waals surface area contributed by atoms with Gasteiger partial charge in [0.2, 0.25) is 27.9 Å². The van der Waals surface area contributed by atoms with Gasteiger partial charge in [-0.1, -0.05) is 25.2 Å². The molecule has 5 fully saturated rings. The second kappa shape index (κ2) is 39.6. The average molecular weight is 1770 g/mol. The number of piperidine rings is 1. The van der Waals surface area contributed by atoms with E-state index in [0.29, 0.717) is 44.9 Å². The highest BCUT2D eigenvalue weighted by Crippen LogP contribution is 2.43. The van der Waals surface area contributed by atoms with Crippen molar-refractivity contribution in [3.8, 4) is 29.6 Å². The van der Waals surface area contributed by atoms with E-state index in [4.69, 9.17) is 20.6 Å². The van der Waals surface area contributed by atoms with Crippen molar-refractivity contribution in [1.29, 1.82) is 0 Å². The lowest BCUT2D eigenvalue weighted by Gasteiger charge is -2.43. The number of hydrogen-bond acceptors (Lipinski definition) is 21. The summed E-state index contributed by atoms with van der Waals surface area (Å²) >= 11 is 3.51. The van der Waals surface area contributed by atoms with Gasteiger partial charge in [-0.25, -0.2) is 51.3 Å². The number of alkyl halides is 6. The molecule has 648 valence electrons. The number of amides is 2. The number of carbonyl (C=O) groups is 2.